The van der Waals surface area contributed by atoms with Crippen LogP contribution in [0.4, 0.5) is 0 Å². The molecule has 0 aliphatic heterocycles. The van der Waals surface area contributed by atoms with Crippen LogP contribution < -0.4 is 21.3 Å². The number of rotatable bonds is 35. The molecule has 0 spiro atoms. The minimum Gasteiger partial charge on any atom is -0.362 e. The molecule has 0 aromatic rings. The average molecular weight is 711 g/mol. The fraction of sp³-hybridized carbons (Fsp3) is 0.900. The number of unbranched alkanes of at least 4 members (excludes halogenated alkanes) is 27. The first-order valence-corrected chi connectivity index (χ1v) is 21.5. The van der Waals surface area contributed by atoms with E-state index in [2.05, 4.69) is 35.1 Å². The van der Waals surface area contributed by atoms with Crippen molar-refractivity contribution >= 4 is 46.5 Å². The lowest BCUT2D eigenvalue weighted by Crippen LogP contribution is -2.40. The van der Waals surface area contributed by atoms with Crippen molar-refractivity contribution in [1.29, 1.82) is 0 Å². The molecule has 0 bridgehead atoms. The van der Waals surface area contributed by atoms with E-state index in [0.717, 1.165) is 25.9 Å². The van der Waals surface area contributed by atoms with Crippen molar-refractivity contribution < 1.29 is 9.59 Å². The zero-order valence-electron chi connectivity index (χ0n) is 31.7. The van der Waals surface area contributed by atoms with Gasteiger partial charge in [0.25, 0.3) is 0 Å². The molecule has 0 saturated heterocycles. The van der Waals surface area contributed by atoms with Crippen LogP contribution in [0, 0.1) is 0 Å². The number of nitrogens with one attached hydrogen (secondary N) is 4. The highest BCUT2D eigenvalue weighted by Gasteiger charge is 2.07. The van der Waals surface area contributed by atoms with E-state index in [0.29, 0.717) is 35.9 Å². The van der Waals surface area contributed by atoms with E-state index in [-0.39, 0.29) is 11.8 Å². The third-order valence-electron chi connectivity index (χ3n) is 9.20. The highest BCUT2D eigenvalue weighted by Crippen LogP contribution is 2.14. The van der Waals surface area contributed by atoms with Gasteiger partial charge in [-0.2, -0.15) is 0 Å². The summed E-state index contributed by atoms with van der Waals surface area (Å²) in [6, 6.07) is 0. The Kier molecular flexibility index (Phi) is 37.5. The number of hydrogen-bond acceptors (Lipinski definition) is 4. The lowest BCUT2D eigenvalue weighted by Gasteiger charge is -2.10. The summed E-state index contributed by atoms with van der Waals surface area (Å²) in [5.74, 6) is -0.196. The van der Waals surface area contributed by atoms with Crippen molar-refractivity contribution in [1.82, 2.24) is 21.3 Å². The summed E-state index contributed by atoms with van der Waals surface area (Å²) < 4.78 is 0. The van der Waals surface area contributed by atoms with Gasteiger partial charge in [0.1, 0.15) is 0 Å². The molecule has 6 nitrogen and oxygen atoms in total. The molecule has 48 heavy (non-hydrogen) atoms. The zero-order valence-corrected chi connectivity index (χ0v) is 33.3. The number of thiocarbonyl (C=S) groups is 2. The summed E-state index contributed by atoms with van der Waals surface area (Å²) in [6.07, 6.45) is 39.5. The summed E-state index contributed by atoms with van der Waals surface area (Å²) in [5, 5.41) is 12.6. The van der Waals surface area contributed by atoms with Crippen LogP contribution >= 0.6 is 24.4 Å². The van der Waals surface area contributed by atoms with Crippen molar-refractivity contribution in [2.75, 3.05) is 13.1 Å². The van der Waals surface area contributed by atoms with Gasteiger partial charge in [0, 0.05) is 25.9 Å². The van der Waals surface area contributed by atoms with Crippen molar-refractivity contribution in [2.24, 2.45) is 0 Å². The maximum absolute atomic E-state index is 12.2. The molecule has 2 amide bonds. The van der Waals surface area contributed by atoms with Crippen LogP contribution in [0.2, 0.25) is 0 Å². The second-order valence-corrected chi connectivity index (χ2v) is 14.8. The first-order valence-electron chi connectivity index (χ1n) is 20.6. The van der Waals surface area contributed by atoms with Gasteiger partial charge in [-0.05, 0) is 50.1 Å². The molecule has 0 aromatic heterocycles. The second kappa shape index (κ2) is 38.5. The molecule has 0 unspecified atom stereocenters. The van der Waals surface area contributed by atoms with Crippen LogP contribution in [0.3, 0.4) is 0 Å². The van der Waals surface area contributed by atoms with Crippen LogP contribution in [-0.4, -0.2) is 35.1 Å². The summed E-state index contributed by atoms with van der Waals surface area (Å²) in [7, 11) is 0. The fourth-order valence-corrected chi connectivity index (χ4v) is 6.51. The molecule has 0 fully saturated rings. The van der Waals surface area contributed by atoms with Gasteiger partial charge in [0.05, 0.1) is 0 Å². The molecule has 0 radical (unpaired) electrons. The fourth-order valence-electron chi connectivity index (χ4n) is 6.08. The third-order valence-corrected chi connectivity index (χ3v) is 9.69. The van der Waals surface area contributed by atoms with E-state index in [1.54, 1.807) is 0 Å². The van der Waals surface area contributed by atoms with E-state index >= 15 is 0 Å². The zero-order chi connectivity index (χ0) is 35.2. The Balaban J connectivity index is 3.47. The molecule has 0 aromatic carbocycles. The molecule has 0 rings (SSSR count). The third kappa shape index (κ3) is 37.5. The van der Waals surface area contributed by atoms with Gasteiger partial charge in [0.15, 0.2) is 10.2 Å². The van der Waals surface area contributed by atoms with Crippen molar-refractivity contribution in [3.05, 3.63) is 0 Å². The van der Waals surface area contributed by atoms with Crippen LogP contribution in [-0.2, 0) is 9.59 Å². The van der Waals surface area contributed by atoms with Crippen molar-refractivity contribution in [2.45, 2.75) is 219 Å². The van der Waals surface area contributed by atoms with Crippen LogP contribution in [0.25, 0.3) is 0 Å². The number of carbonyl (C=O) groups excluding carboxylic acids is 2. The maximum atomic E-state index is 12.2. The SMILES string of the molecule is CCCCCCCCCCCCCCCCNC(=S)NC(=O)CCCCC(=O)NC(=S)NCCCCCCCCCCCCCCCC. The molecular weight excluding hydrogens is 633 g/mol. The Labute approximate surface area is 308 Å². The van der Waals surface area contributed by atoms with E-state index in [1.165, 1.54) is 167 Å². The lowest BCUT2D eigenvalue weighted by molar-refractivity contribution is -0.121. The smallest absolute Gasteiger partial charge is 0.226 e. The Bertz CT molecular complexity index is 704. The van der Waals surface area contributed by atoms with E-state index < -0.39 is 0 Å². The summed E-state index contributed by atoms with van der Waals surface area (Å²) in [6.45, 7) is 6.14. The molecular formula is C40H78N4O2S2. The van der Waals surface area contributed by atoms with Gasteiger partial charge in [-0.1, -0.05) is 181 Å². The first-order chi connectivity index (χ1) is 23.5. The number of carbonyl (C=O) groups is 2. The monoisotopic (exact) mass is 711 g/mol. The van der Waals surface area contributed by atoms with Gasteiger partial charge in [-0.3, -0.25) is 9.59 Å². The highest BCUT2D eigenvalue weighted by atomic mass is 32.1. The van der Waals surface area contributed by atoms with Gasteiger partial charge < -0.3 is 21.3 Å². The molecule has 282 valence electrons. The van der Waals surface area contributed by atoms with Gasteiger partial charge in [0.2, 0.25) is 11.8 Å². The minimum absolute atomic E-state index is 0.0979. The Morgan fingerprint density at radius 3 is 0.833 bits per heavy atom. The molecule has 0 heterocycles. The van der Waals surface area contributed by atoms with Gasteiger partial charge in [-0.15, -0.1) is 0 Å². The molecule has 0 saturated carbocycles. The summed E-state index contributed by atoms with van der Waals surface area (Å²) in [5.41, 5.74) is 0. The summed E-state index contributed by atoms with van der Waals surface area (Å²) >= 11 is 10.5. The summed E-state index contributed by atoms with van der Waals surface area (Å²) in [4.78, 5) is 24.4. The molecule has 8 heteroatoms. The van der Waals surface area contributed by atoms with Gasteiger partial charge >= 0.3 is 0 Å². The van der Waals surface area contributed by atoms with Crippen LogP contribution in [0.15, 0.2) is 0 Å². The largest absolute Gasteiger partial charge is 0.362 e. The Hall–Kier alpha value is -1.28. The molecule has 0 aliphatic rings. The predicted molar refractivity (Wildman–Crippen MR) is 217 cm³/mol. The normalized spacial score (nSPS) is 11.0. The van der Waals surface area contributed by atoms with E-state index in [1.807, 2.05) is 0 Å². The van der Waals surface area contributed by atoms with E-state index in [4.69, 9.17) is 24.4 Å². The predicted octanol–water partition coefficient (Wildman–Crippen LogP) is 11.5. The Morgan fingerprint density at radius 1 is 0.354 bits per heavy atom. The second-order valence-electron chi connectivity index (χ2n) is 14.0. The quantitative estimate of drug-likeness (QED) is 0.0387. The topological polar surface area (TPSA) is 82.3 Å². The van der Waals surface area contributed by atoms with Gasteiger partial charge in [-0.25, -0.2) is 0 Å². The lowest BCUT2D eigenvalue weighted by atomic mass is 10.0. The molecule has 0 atom stereocenters. The van der Waals surface area contributed by atoms with Crippen LogP contribution in [0.5, 0.6) is 0 Å². The Morgan fingerprint density at radius 2 is 0.583 bits per heavy atom. The van der Waals surface area contributed by atoms with Crippen molar-refractivity contribution in [3.63, 3.8) is 0 Å². The number of amides is 2. The first kappa shape index (κ1) is 46.7. The standard InChI is InChI=1S/C40H78N4O2S2/c1-3-5-7-9-11-13-15-17-19-21-23-25-27-31-35-41-39(47)43-37(45)33-29-30-34-38(46)44-40(48)42-36-32-28-26-24-22-20-18-16-14-12-10-8-6-4-2/h3-36H2,1-2H3,(H2,41,43,45,47)(H2,42,44,46,48). The number of hydrogen-bond donors (Lipinski definition) is 4. The van der Waals surface area contributed by atoms with Crippen molar-refractivity contribution in [3.8, 4) is 0 Å². The average Bonchev–Trinajstić information content (AvgIpc) is 3.06. The highest BCUT2D eigenvalue weighted by molar-refractivity contribution is 7.80. The maximum Gasteiger partial charge on any atom is 0.226 e. The van der Waals surface area contributed by atoms with E-state index in [9.17, 15) is 9.59 Å². The van der Waals surface area contributed by atoms with Crippen LogP contribution in [0.1, 0.15) is 219 Å². The molecule has 4 N–H and O–H groups in total. The molecule has 0 aliphatic carbocycles. The minimum atomic E-state index is -0.0979.